The molecular weight excluding hydrogens is 510 g/mol. The van der Waals surface area contributed by atoms with Gasteiger partial charge in [0.1, 0.15) is 11.6 Å². The van der Waals surface area contributed by atoms with Crippen LogP contribution in [0.3, 0.4) is 0 Å². The Balaban J connectivity index is 1.31. The van der Waals surface area contributed by atoms with Crippen LogP contribution in [0.2, 0.25) is 0 Å². The SMILES string of the molecule is CSc1cccc(NC(=O)C2[C@H]3C=CC4(O3)C(C(=O)NC3CCCCC3)N(C3CCCCCCC3)C(=O)[C@@H]24)c1. The zero-order valence-electron chi connectivity index (χ0n) is 22.9. The van der Waals surface area contributed by atoms with Crippen LogP contribution in [0.5, 0.6) is 0 Å². The number of hydrogen-bond donors (Lipinski definition) is 2. The second-order valence-corrected chi connectivity index (χ2v) is 12.9. The largest absolute Gasteiger partial charge is 0.359 e. The van der Waals surface area contributed by atoms with Gasteiger partial charge in [-0.25, -0.2) is 0 Å². The molecule has 1 aromatic carbocycles. The highest BCUT2D eigenvalue weighted by atomic mass is 32.2. The second-order valence-electron chi connectivity index (χ2n) is 12.0. The van der Waals surface area contributed by atoms with Crippen molar-refractivity contribution in [3.8, 4) is 0 Å². The molecule has 2 saturated carbocycles. The Kier molecular flexibility index (Phi) is 7.77. The first kappa shape index (κ1) is 26.9. The summed E-state index contributed by atoms with van der Waals surface area (Å²) in [7, 11) is 0. The number of fused-ring (bicyclic) bond motifs is 1. The van der Waals surface area contributed by atoms with Crippen LogP contribution < -0.4 is 10.6 Å². The molecule has 1 aromatic rings. The van der Waals surface area contributed by atoms with Crippen molar-refractivity contribution in [1.29, 1.82) is 0 Å². The van der Waals surface area contributed by atoms with Crippen LogP contribution in [-0.2, 0) is 19.1 Å². The third kappa shape index (κ3) is 4.92. The van der Waals surface area contributed by atoms with E-state index in [-0.39, 0.29) is 29.8 Å². The third-order valence-corrected chi connectivity index (χ3v) is 10.3. The Bertz CT molecular complexity index is 1130. The molecule has 1 spiro atoms. The summed E-state index contributed by atoms with van der Waals surface area (Å²) in [5, 5.41) is 6.37. The maximum atomic E-state index is 14.4. The predicted molar refractivity (Wildman–Crippen MR) is 152 cm³/mol. The van der Waals surface area contributed by atoms with E-state index in [2.05, 4.69) is 10.6 Å². The molecule has 39 heavy (non-hydrogen) atoms. The van der Waals surface area contributed by atoms with Gasteiger partial charge < -0.3 is 20.3 Å². The molecule has 3 amide bonds. The summed E-state index contributed by atoms with van der Waals surface area (Å²) in [5.41, 5.74) is -0.381. The Morgan fingerprint density at radius 2 is 1.67 bits per heavy atom. The van der Waals surface area contributed by atoms with Gasteiger partial charge in [0.25, 0.3) is 0 Å². The van der Waals surface area contributed by atoms with Crippen LogP contribution in [0.25, 0.3) is 0 Å². The average Bonchev–Trinajstić information content (AvgIpc) is 3.57. The molecule has 4 fully saturated rings. The molecule has 210 valence electrons. The van der Waals surface area contributed by atoms with Gasteiger partial charge in [-0.1, -0.05) is 69.6 Å². The van der Waals surface area contributed by atoms with Crippen LogP contribution in [0.15, 0.2) is 41.3 Å². The number of likely N-dealkylation sites (tertiary alicyclic amines) is 1. The van der Waals surface area contributed by atoms with Crippen LogP contribution in [0.4, 0.5) is 5.69 Å². The van der Waals surface area contributed by atoms with Gasteiger partial charge in [0.15, 0.2) is 0 Å². The third-order valence-electron chi connectivity index (χ3n) is 9.62. The highest BCUT2D eigenvalue weighted by Gasteiger charge is 2.73. The van der Waals surface area contributed by atoms with E-state index in [1.807, 2.05) is 47.6 Å². The lowest BCUT2D eigenvalue weighted by atomic mass is 9.74. The molecule has 8 heteroatoms. The fourth-order valence-electron chi connectivity index (χ4n) is 7.77. The van der Waals surface area contributed by atoms with E-state index in [4.69, 9.17) is 4.74 Å². The molecule has 3 heterocycles. The van der Waals surface area contributed by atoms with E-state index in [1.165, 1.54) is 12.8 Å². The first-order chi connectivity index (χ1) is 19.0. The number of nitrogens with zero attached hydrogens (tertiary/aromatic N) is 1. The number of ether oxygens (including phenoxy) is 1. The maximum absolute atomic E-state index is 14.4. The first-order valence-electron chi connectivity index (χ1n) is 15.0. The number of rotatable bonds is 6. The maximum Gasteiger partial charge on any atom is 0.246 e. The molecule has 2 N–H and O–H groups in total. The molecule has 3 aliphatic heterocycles. The Labute approximate surface area is 235 Å². The molecule has 6 rings (SSSR count). The summed E-state index contributed by atoms with van der Waals surface area (Å²) >= 11 is 1.61. The van der Waals surface area contributed by atoms with E-state index in [0.29, 0.717) is 5.69 Å². The van der Waals surface area contributed by atoms with Crippen LogP contribution in [0.1, 0.15) is 77.0 Å². The molecule has 0 radical (unpaired) electrons. The smallest absolute Gasteiger partial charge is 0.246 e. The topological polar surface area (TPSA) is 87.7 Å². The molecule has 5 atom stereocenters. The van der Waals surface area contributed by atoms with Crippen molar-refractivity contribution in [2.24, 2.45) is 11.8 Å². The average molecular weight is 552 g/mol. The van der Waals surface area contributed by atoms with Crippen molar-refractivity contribution in [2.75, 3.05) is 11.6 Å². The summed E-state index contributed by atoms with van der Waals surface area (Å²) in [6.45, 7) is 0. The van der Waals surface area contributed by atoms with E-state index in [9.17, 15) is 14.4 Å². The number of thioether (sulfide) groups is 1. The van der Waals surface area contributed by atoms with Gasteiger partial charge in [-0.15, -0.1) is 11.8 Å². The van der Waals surface area contributed by atoms with Crippen molar-refractivity contribution in [1.82, 2.24) is 10.2 Å². The molecule has 2 saturated heterocycles. The summed E-state index contributed by atoms with van der Waals surface area (Å²) in [4.78, 5) is 45.2. The number of amides is 3. The lowest BCUT2D eigenvalue weighted by Gasteiger charge is -2.38. The molecule has 5 aliphatic rings. The van der Waals surface area contributed by atoms with Gasteiger partial charge in [-0.05, 0) is 50.1 Å². The number of anilines is 1. The minimum atomic E-state index is -1.09. The van der Waals surface area contributed by atoms with Crippen molar-refractivity contribution < 1.29 is 19.1 Å². The van der Waals surface area contributed by atoms with Crippen LogP contribution in [-0.4, -0.2) is 58.7 Å². The second kappa shape index (κ2) is 11.3. The van der Waals surface area contributed by atoms with Crippen molar-refractivity contribution >= 4 is 35.2 Å². The standard InChI is InChI=1S/C31H41N3O4S/c1-39-23-16-10-13-21(19-23)33-28(35)25-24-17-18-31(38-24)26(25)30(37)34(22-14-8-3-2-4-9-15-22)27(31)29(36)32-20-11-6-5-7-12-20/h10,13,16-20,22,24-27H,2-9,11-12,14-15H2,1H3,(H,32,36)(H,33,35)/t24-,25?,26-,27?,31?/m1/s1. The van der Waals surface area contributed by atoms with Crippen molar-refractivity contribution in [3.63, 3.8) is 0 Å². The predicted octanol–water partition coefficient (Wildman–Crippen LogP) is 5.06. The fraction of sp³-hybridized carbons (Fsp3) is 0.645. The lowest BCUT2D eigenvalue weighted by molar-refractivity contribution is -0.144. The molecule has 7 nitrogen and oxygen atoms in total. The zero-order chi connectivity index (χ0) is 27.0. The Morgan fingerprint density at radius 3 is 2.41 bits per heavy atom. The summed E-state index contributed by atoms with van der Waals surface area (Å²) in [6, 6.07) is 7.14. The molecular formula is C31H41N3O4S. The number of carbonyl (C=O) groups is 3. The molecule has 0 aromatic heterocycles. The van der Waals surface area contributed by atoms with Gasteiger partial charge in [0.2, 0.25) is 17.7 Å². The summed E-state index contributed by atoms with van der Waals surface area (Å²) in [5.74, 6) is -1.77. The van der Waals surface area contributed by atoms with Gasteiger partial charge in [-0.3, -0.25) is 14.4 Å². The summed E-state index contributed by atoms with van der Waals surface area (Å²) in [6.07, 6.45) is 18.2. The van der Waals surface area contributed by atoms with E-state index >= 15 is 0 Å². The highest BCUT2D eigenvalue weighted by molar-refractivity contribution is 7.98. The van der Waals surface area contributed by atoms with Gasteiger partial charge in [0.05, 0.1) is 17.9 Å². The molecule has 2 bridgehead atoms. The minimum absolute atomic E-state index is 0.00194. The van der Waals surface area contributed by atoms with E-state index < -0.39 is 29.6 Å². The number of hydrogen-bond acceptors (Lipinski definition) is 5. The molecule has 3 unspecified atom stereocenters. The summed E-state index contributed by atoms with van der Waals surface area (Å²) < 4.78 is 6.57. The Morgan fingerprint density at radius 1 is 0.974 bits per heavy atom. The quantitative estimate of drug-likeness (QED) is 0.381. The first-order valence-corrected chi connectivity index (χ1v) is 16.2. The van der Waals surface area contributed by atoms with Crippen LogP contribution in [0, 0.1) is 11.8 Å². The van der Waals surface area contributed by atoms with Crippen molar-refractivity contribution in [3.05, 3.63) is 36.4 Å². The Hall–Kier alpha value is -2.32. The monoisotopic (exact) mass is 551 g/mol. The normalized spacial score (nSPS) is 33.1. The number of nitrogens with one attached hydrogen (secondary N) is 2. The zero-order valence-corrected chi connectivity index (χ0v) is 23.7. The lowest BCUT2D eigenvalue weighted by Crippen LogP contribution is -2.58. The minimum Gasteiger partial charge on any atom is -0.359 e. The van der Waals surface area contributed by atoms with Gasteiger partial charge in [0, 0.05) is 22.7 Å². The highest BCUT2D eigenvalue weighted by Crippen LogP contribution is 2.56. The molecule has 2 aliphatic carbocycles. The number of benzene rings is 1. The fourth-order valence-corrected chi connectivity index (χ4v) is 8.23. The van der Waals surface area contributed by atoms with E-state index in [0.717, 1.165) is 69.1 Å². The van der Waals surface area contributed by atoms with Gasteiger partial charge in [-0.2, -0.15) is 0 Å². The van der Waals surface area contributed by atoms with Crippen molar-refractivity contribution in [2.45, 2.75) is 112 Å². The van der Waals surface area contributed by atoms with Gasteiger partial charge >= 0.3 is 0 Å². The van der Waals surface area contributed by atoms with Crippen LogP contribution >= 0.6 is 11.8 Å². The van der Waals surface area contributed by atoms with E-state index in [1.54, 1.807) is 11.8 Å². The number of carbonyl (C=O) groups excluding carboxylic acids is 3.